The summed E-state index contributed by atoms with van der Waals surface area (Å²) >= 11 is 0. The molecular formula is C23H32N2O. The van der Waals surface area contributed by atoms with Crippen LogP contribution in [0.15, 0.2) is 48.5 Å². The Labute approximate surface area is 158 Å². The molecule has 2 atom stereocenters. The number of anilines is 2. The van der Waals surface area contributed by atoms with Gasteiger partial charge in [-0.2, -0.15) is 0 Å². The molecule has 3 nitrogen and oxygen atoms in total. The van der Waals surface area contributed by atoms with Crippen LogP contribution in [0.2, 0.25) is 0 Å². The van der Waals surface area contributed by atoms with Crippen LogP contribution in [0, 0.1) is 5.92 Å². The third-order valence-corrected chi connectivity index (χ3v) is 5.86. The van der Waals surface area contributed by atoms with Gasteiger partial charge in [-0.25, -0.2) is 0 Å². The van der Waals surface area contributed by atoms with Gasteiger partial charge in [-0.05, 0) is 54.5 Å². The lowest BCUT2D eigenvalue weighted by atomic mass is 9.69. The van der Waals surface area contributed by atoms with Crippen molar-refractivity contribution < 1.29 is 5.11 Å². The molecule has 0 spiro atoms. The lowest BCUT2D eigenvalue weighted by Gasteiger charge is -2.41. The molecule has 1 N–H and O–H groups in total. The first-order chi connectivity index (χ1) is 12.4. The van der Waals surface area contributed by atoms with E-state index in [1.165, 1.54) is 23.4 Å². The van der Waals surface area contributed by atoms with Gasteiger partial charge in [0.1, 0.15) is 0 Å². The summed E-state index contributed by atoms with van der Waals surface area (Å²) in [5, 5.41) is 11.7. The summed E-state index contributed by atoms with van der Waals surface area (Å²) in [6, 6.07) is 17.0. The van der Waals surface area contributed by atoms with Crippen LogP contribution in [0.5, 0.6) is 0 Å². The third kappa shape index (κ3) is 3.73. The number of nitrogens with zero attached hydrogens (tertiary/aromatic N) is 2. The van der Waals surface area contributed by atoms with E-state index in [4.69, 9.17) is 0 Å². The number of hydrogen-bond acceptors (Lipinski definition) is 3. The summed E-state index contributed by atoms with van der Waals surface area (Å²) in [6.07, 6.45) is 5.14. The molecule has 2 unspecified atom stereocenters. The van der Waals surface area contributed by atoms with E-state index in [0.29, 0.717) is 0 Å². The first-order valence-corrected chi connectivity index (χ1v) is 9.67. The van der Waals surface area contributed by atoms with Crippen molar-refractivity contribution in [3.05, 3.63) is 59.7 Å². The molecular weight excluding hydrogens is 320 g/mol. The summed E-state index contributed by atoms with van der Waals surface area (Å²) in [6.45, 7) is 0. The Kier molecular flexibility index (Phi) is 5.57. The second-order valence-corrected chi connectivity index (χ2v) is 8.04. The Morgan fingerprint density at radius 2 is 1.62 bits per heavy atom. The van der Waals surface area contributed by atoms with Gasteiger partial charge in [0.2, 0.25) is 0 Å². The van der Waals surface area contributed by atoms with Crippen molar-refractivity contribution in [3.8, 4) is 0 Å². The van der Waals surface area contributed by atoms with Crippen molar-refractivity contribution >= 4 is 11.4 Å². The summed E-state index contributed by atoms with van der Waals surface area (Å²) < 4.78 is 0. The average molecular weight is 353 g/mol. The monoisotopic (exact) mass is 352 g/mol. The molecule has 0 aliphatic heterocycles. The number of para-hydroxylation sites is 1. The molecule has 0 bridgehead atoms. The fourth-order valence-corrected chi connectivity index (χ4v) is 4.31. The Bertz CT molecular complexity index is 723. The molecule has 0 radical (unpaired) electrons. The molecule has 1 aliphatic rings. The van der Waals surface area contributed by atoms with Crippen LogP contribution >= 0.6 is 0 Å². The van der Waals surface area contributed by atoms with E-state index in [1.54, 1.807) is 0 Å². The number of aliphatic hydroxyl groups is 1. The standard InChI is InChI=1S/C23H32N2O/c1-24(2)21-14-12-19(13-15-21)23(26)16-8-7-10-20(23)17-18-9-5-6-11-22(18)25(3)4/h5-6,9,11-15,20,26H,7-8,10,16-17H2,1-4H3. The van der Waals surface area contributed by atoms with Crippen LogP contribution < -0.4 is 9.80 Å². The van der Waals surface area contributed by atoms with Gasteiger partial charge >= 0.3 is 0 Å². The SMILES string of the molecule is CN(C)c1ccc(C2(O)CCCCC2Cc2ccccc2N(C)C)cc1. The van der Waals surface area contributed by atoms with E-state index >= 15 is 0 Å². The predicted molar refractivity (Wildman–Crippen MR) is 111 cm³/mol. The van der Waals surface area contributed by atoms with Crippen LogP contribution in [-0.4, -0.2) is 33.3 Å². The normalized spacial score (nSPS) is 22.9. The highest BCUT2D eigenvalue weighted by molar-refractivity contribution is 5.53. The second kappa shape index (κ2) is 7.71. The van der Waals surface area contributed by atoms with Crippen LogP contribution in [0.25, 0.3) is 0 Å². The molecule has 3 heteroatoms. The Hall–Kier alpha value is -2.00. The highest BCUT2D eigenvalue weighted by Crippen LogP contribution is 2.44. The molecule has 1 saturated carbocycles. The maximum absolute atomic E-state index is 11.7. The van der Waals surface area contributed by atoms with Crippen molar-refractivity contribution in [1.29, 1.82) is 0 Å². The van der Waals surface area contributed by atoms with Gasteiger partial charge in [-0.3, -0.25) is 0 Å². The van der Waals surface area contributed by atoms with E-state index in [2.05, 4.69) is 72.4 Å². The van der Waals surface area contributed by atoms with Gasteiger partial charge in [-0.1, -0.05) is 43.2 Å². The zero-order valence-corrected chi connectivity index (χ0v) is 16.6. The van der Waals surface area contributed by atoms with Gasteiger partial charge in [0, 0.05) is 39.6 Å². The number of rotatable bonds is 5. The highest BCUT2D eigenvalue weighted by Gasteiger charge is 2.40. The molecule has 2 aromatic carbocycles. The number of benzene rings is 2. The summed E-state index contributed by atoms with van der Waals surface area (Å²) in [4.78, 5) is 4.27. The molecule has 140 valence electrons. The van der Waals surface area contributed by atoms with Crippen molar-refractivity contribution in [2.75, 3.05) is 38.0 Å². The van der Waals surface area contributed by atoms with Crippen LogP contribution in [0.1, 0.15) is 36.8 Å². The molecule has 2 aromatic rings. The van der Waals surface area contributed by atoms with Crippen molar-refractivity contribution in [2.45, 2.75) is 37.7 Å². The minimum atomic E-state index is -0.734. The lowest BCUT2D eigenvalue weighted by Crippen LogP contribution is -2.39. The predicted octanol–water partition coefficient (Wildman–Crippen LogP) is 4.44. The van der Waals surface area contributed by atoms with E-state index in [0.717, 1.165) is 31.2 Å². The second-order valence-electron chi connectivity index (χ2n) is 8.04. The maximum Gasteiger partial charge on any atom is 0.0927 e. The van der Waals surface area contributed by atoms with E-state index in [1.807, 2.05) is 14.1 Å². The fraction of sp³-hybridized carbons (Fsp3) is 0.478. The highest BCUT2D eigenvalue weighted by atomic mass is 16.3. The zero-order valence-electron chi connectivity index (χ0n) is 16.6. The van der Waals surface area contributed by atoms with Crippen LogP contribution in [-0.2, 0) is 12.0 Å². The molecule has 26 heavy (non-hydrogen) atoms. The topological polar surface area (TPSA) is 26.7 Å². The van der Waals surface area contributed by atoms with Gasteiger partial charge in [0.15, 0.2) is 0 Å². The zero-order chi connectivity index (χ0) is 18.7. The summed E-state index contributed by atoms with van der Waals surface area (Å²) in [7, 11) is 8.27. The van der Waals surface area contributed by atoms with Crippen LogP contribution in [0.3, 0.4) is 0 Å². The average Bonchev–Trinajstić information content (AvgIpc) is 2.64. The molecule has 0 amide bonds. The Morgan fingerprint density at radius 1 is 0.923 bits per heavy atom. The fourth-order valence-electron chi connectivity index (χ4n) is 4.31. The maximum atomic E-state index is 11.7. The quantitative estimate of drug-likeness (QED) is 0.862. The Morgan fingerprint density at radius 3 is 2.27 bits per heavy atom. The van der Waals surface area contributed by atoms with Crippen molar-refractivity contribution in [3.63, 3.8) is 0 Å². The summed E-state index contributed by atoms with van der Waals surface area (Å²) in [5.74, 6) is 0.252. The van der Waals surface area contributed by atoms with E-state index < -0.39 is 5.60 Å². The van der Waals surface area contributed by atoms with Gasteiger partial charge in [0.05, 0.1) is 5.60 Å². The minimum Gasteiger partial charge on any atom is -0.385 e. The minimum absolute atomic E-state index is 0.252. The summed E-state index contributed by atoms with van der Waals surface area (Å²) in [5.41, 5.74) is 4.08. The first-order valence-electron chi connectivity index (χ1n) is 9.67. The lowest BCUT2D eigenvalue weighted by molar-refractivity contribution is -0.0541. The first kappa shape index (κ1) is 18.8. The number of hydrogen-bond donors (Lipinski definition) is 1. The molecule has 1 fully saturated rings. The van der Waals surface area contributed by atoms with Crippen LogP contribution in [0.4, 0.5) is 11.4 Å². The van der Waals surface area contributed by atoms with E-state index in [-0.39, 0.29) is 5.92 Å². The molecule has 1 aliphatic carbocycles. The smallest absolute Gasteiger partial charge is 0.0927 e. The molecule has 0 heterocycles. The van der Waals surface area contributed by atoms with E-state index in [9.17, 15) is 5.11 Å². The van der Waals surface area contributed by atoms with Gasteiger partial charge in [-0.15, -0.1) is 0 Å². The van der Waals surface area contributed by atoms with Gasteiger partial charge < -0.3 is 14.9 Å². The Balaban J connectivity index is 1.90. The van der Waals surface area contributed by atoms with Crippen molar-refractivity contribution in [2.24, 2.45) is 5.92 Å². The third-order valence-electron chi connectivity index (χ3n) is 5.86. The molecule has 0 saturated heterocycles. The molecule has 3 rings (SSSR count). The molecule has 0 aromatic heterocycles. The van der Waals surface area contributed by atoms with Gasteiger partial charge in [0.25, 0.3) is 0 Å². The largest absolute Gasteiger partial charge is 0.385 e. The van der Waals surface area contributed by atoms with Crippen molar-refractivity contribution in [1.82, 2.24) is 0 Å².